The highest BCUT2D eigenvalue weighted by Gasteiger charge is 2.48. The topological polar surface area (TPSA) is 80.7 Å². The van der Waals surface area contributed by atoms with Crippen LogP contribution in [0.2, 0.25) is 0 Å². The van der Waals surface area contributed by atoms with Crippen molar-refractivity contribution in [2.45, 2.75) is 30.8 Å². The minimum atomic E-state index is -2.92. The number of rotatable bonds is 5. The summed E-state index contributed by atoms with van der Waals surface area (Å²) in [5, 5.41) is 9.03. The molecule has 108 valence electrons. The molecule has 2 aliphatic rings. The predicted molar refractivity (Wildman–Crippen MR) is 72.7 cm³/mol. The van der Waals surface area contributed by atoms with E-state index in [1.54, 1.807) is 6.07 Å². The monoisotopic (exact) mass is 296 g/mol. The summed E-state index contributed by atoms with van der Waals surface area (Å²) in [6, 6.07) is 7.37. The van der Waals surface area contributed by atoms with Crippen molar-refractivity contribution in [1.29, 1.82) is 0 Å². The van der Waals surface area contributed by atoms with Crippen LogP contribution in [0.15, 0.2) is 24.3 Å². The summed E-state index contributed by atoms with van der Waals surface area (Å²) in [4.78, 5) is 11.0. The molecule has 1 heterocycles. The number of hydrogen-bond donors (Lipinski definition) is 1. The molecule has 0 amide bonds. The Morgan fingerprint density at radius 1 is 1.30 bits per heavy atom. The molecule has 3 rings (SSSR count). The first-order chi connectivity index (χ1) is 9.40. The van der Waals surface area contributed by atoms with Gasteiger partial charge in [0.15, 0.2) is 9.84 Å². The van der Waals surface area contributed by atoms with Crippen LogP contribution in [0.5, 0.6) is 5.75 Å². The summed E-state index contributed by atoms with van der Waals surface area (Å²) in [7, 11) is -2.92. The molecule has 0 bridgehead atoms. The number of aliphatic carboxylic acids is 1. The first-order valence-corrected chi connectivity index (χ1v) is 8.41. The minimum Gasteiger partial charge on any atom is -0.488 e. The van der Waals surface area contributed by atoms with Crippen molar-refractivity contribution in [3.63, 3.8) is 0 Å². The molecule has 0 unspecified atom stereocenters. The minimum absolute atomic E-state index is 0.0489. The average Bonchev–Trinajstić information content (AvgIpc) is 3.07. The Kier molecular flexibility index (Phi) is 3.01. The van der Waals surface area contributed by atoms with E-state index in [1.807, 2.05) is 18.2 Å². The molecule has 0 aromatic heterocycles. The number of sulfone groups is 1. The number of para-hydroxylation sites is 1. The third kappa shape index (κ3) is 2.52. The molecule has 1 N–H and O–H groups in total. The van der Waals surface area contributed by atoms with Gasteiger partial charge in [-0.05, 0) is 18.9 Å². The maximum Gasteiger partial charge on any atom is 0.304 e. The van der Waals surface area contributed by atoms with Crippen LogP contribution >= 0.6 is 0 Å². The van der Waals surface area contributed by atoms with Crippen LogP contribution in [0.4, 0.5) is 0 Å². The first kappa shape index (κ1) is 13.4. The normalized spacial score (nSPS) is 22.8. The molecule has 1 saturated heterocycles. The molecule has 1 aromatic carbocycles. The molecular weight excluding hydrogens is 280 g/mol. The lowest BCUT2D eigenvalue weighted by Gasteiger charge is -2.28. The second-order valence-electron chi connectivity index (χ2n) is 5.66. The van der Waals surface area contributed by atoms with Gasteiger partial charge < -0.3 is 9.84 Å². The van der Waals surface area contributed by atoms with Crippen LogP contribution in [-0.2, 0) is 20.0 Å². The van der Waals surface area contributed by atoms with E-state index in [1.165, 1.54) is 0 Å². The standard InChI is InChI=1S/C14H16O5S/c15-13(16)7-14(5-6-14)11-3-1-2-4-12(11)19-10-8-20(17,18)9-10/h1-4,10H,5-9H2,(H,15,16). The maximum atomic E-state index is 11.2. The largest absolute Gasteiger partial charge is 0.488 e. The smallest absolute Gasteiger partial charge is 0.304 e. The van der Waals surface area contributed by atoms with E-state index in [4.69, 9.17) is 9.84 Å². The zero-order valence-corrected chi connectivity index (χ0v) is 11.7. The zero-order valence-electron chi connectivity index (χ0n) is 10.9. The number of ether oxygens (including phenoxy) is 1. The van der Waals surface area contributed by atoms with Gasteiger partial charge in [0, 0.05) is 11.0 Å². The van der Waals surface area contributed by atoms with Crippen LogP contribution < -0.4 is 4.74 Å². The lowest BCUT2D eigenvalue weighted by atomic mass is 9.91. The molecular formula is C14H16O5S. The molecule has 1 saturated carbocycles. The fourth-order valence-corrected chi connectivity index (χ4v) is 3.93. The first-order valence-electron chi connectivity index (χ1n) is 6.59. The molecule has 1 aromatic rings. The highest BCUT2D eigenvalue weighted by atomic mass is 32.2. The van der Waals surface area contributed by atoms with Gasteiger partial charge in [-0.1, -0.05) is 18.2 Å². The van der Waals surface area contributed by atoms with Crippen molar-refractivity contribution in [3.05, 3.63) is 29.8 Å². The van der Waals surface area contributed by atoms with E-state index < -0.39 is 15.8 Å². The Bertz CT molecular complexity index is 633. The number of hydrogen-bond acceptors (Lipinski definition) is 4. The number of carbonyl (C=O) groups is 1. The Morgan fingerprint density at radius 3 is 2.50 bits per heavy atom. The molecule has 5 nitrogen and oxygen atoms in total. The molecule has 1 aliphatic heterocycles. The Hall–Kier alpha value is -1.56. The number of carboxylic acids is 1. The highest BCUT2D eigenvalue weighted by molar-refractivity contribution is 7.92. The van der Waals surface area contributed by atoms with Gasteiger partial charge in [-0.15, -0.1) is 0 Å². The van der Waals surface area contributed by atoms with Gasteiger partial charge in [-0.25, -0.2) is 8.42 Å². The van der Waals surface area contributed by atoms with Crippen molar-refractivity contribution in [1.82, 2.24) is 0 Å². The van der Waals surface area contributed by atoms with Gasteiger partial charge in [0.25, 0.3) is 0 Å². The van der Waals surface area contributed by atoms with E-state index >= 15 is 0 Å². The van der Waals surface area contributed by atoms with E-state index in [-0.39, 0.29) is 29.4 Å². The molecule has 0 radical (unpaired) electrons. The summed E-state index contributed by atoms with van der Waals surface area (Å²) < 4.78 is 28.1. The fraction of sp³-hybridized carbons (Fsp3) is 0.500. The van der Waals surface area contributed by atoms with Crippen molar-refractivity contribution < 1.29 is 23.1 Å². The molecule has 2 fully saturated rings. The van der Waals surface area contributed by atoms with E-state index in [9.17, 15) is 13.2 Å². The van der Waals surface area contributed by atoms with E-state index in [0.717, 1.165) is 18.4 Å². The Labute approximate surface area is 117 Å². The van der Waals surface area contributed by atoms with Crippen molar-refractivity contribution in [2.24, 2.45) is 0 Å². The van der Waals surface area contributed by atoms with Crippen molar-refractivity contribution in [3.8, 4) is 5.75 Å². The molecule has 0 spiro atoms. The summed E-state index contributed by atoms with van der Waals surface area (Å²) in [6.45, 7) is 0. The van der Waals surface area contributed by atoms with Crippen LogP contribution in [0.3, 0.4) is 0 Å². The van der Waals surface area contributed by atoms with Gasteiger partial charge in [0.05, 0.1) is 17.9 Å². The van der Waals surface area contributed by atoms with Gasteiger partial charge in [0.2, 0.25) is 0 Å². The van der Waals surface area contributed by atoms with Crippen LogP contribution in [0, 0.1) is 0 Å². The molecule has 0 atom stereocenters. The molecule has 1 aliphatic carbocycles. The van der Waals surface area contributed by atoms with Gasteiger partial charge in [-0.3, -0.25) is 4.79 Å². The fourth-order valence-electron chi connectivity index (χ4n) is 2.75. The second-order valence-corrected chi connectivity index (χ2v) is 7.82. The molecule has 6 heteroatoms. The Balaban J connectivity index is 1.81. The van der Waals surface area contributed by atoms with Gasteiger partial charge >= 0.3 is 5.97 Å². The summed E-state index contributed by atoms with van der Waals surface area (Å²) >= 11 is 0. The summed E-state index contributed by atoms with van der Waals surface area (Å²) in [5.74, 6) is -0.0877. The SMILES string of the molecule is O=C(O)CC1(c2ccccc2OC2CS(=O)(=O)C2)CC1. The van der Waals surface area contributed by atoms with Crippen molar-refractivity contribution in [2.75, 3.05) is 11.5 Å². The quantitative estimate of drug-likeness (QED) is 0.887. The predicted octanol–water partition coefficient (Wildman–Crippen LogP) is 1.37. The lowest BCUT2D eigenvalue weighted by Crippen LogP contribution is -2.45. The van der Waals surface area contributed by atoms with Gasteiger partial charge in [-0.2, -0.15) is 0 Å². The third-order valence-electron chi connectivity index (χ3n) is 3.97. The van der Waals surface area contributed by atoms with Crippen LogP contribution in [0.25, 0.3) is 0 Å². The summed E-state index contributed by atoms with van der Waals surface area (Å²) in [6.07, 6.45) is 1.46. The maximum absolute atomic E-state index is 11.2. The molecule has 20 heavy (non-hydrogen) atoms. The second kappa shape index (κ2) is 4.48. The Morgan fingerprint density at radius 2 is 1.95 bits per heavy atom. The third-order valence-corrected chi connectivity index (χ3v) is 5.73. The van der Waals surface area contributed by atoms with E-state index in [2.05, 4.69) is 0 Å². The van der Waals surface area contributed by atoms with Crippen LogP contribution in [0.1, 0.15) is 24.8 Å². The zero-order chi connectivity index (χ0) is 14.4. The average molecular weight is 296 g/mol. The number of benzene rings is 1. The van der Waals surface area contributed by atoms with Gasteiger partial charge in [0.1, 0.15) is 11.9 Å². The van der Waals surface area contributed by atoms with E-state index in [0.29, 0.717) is 5.75 Å². The lowest BCUT2D eigenvalue weighted by molar-refractivity contribution is -0.137. The highest BCUT2D eigenvalue weighted by Crippen LogP contribution is 2.54. The number of carboxylic acid groups (broad SMARTS) is 1. The summed E-state index contributed by atoms with van der Waals surface area (Å²) in [5.41, 5.74) is 0.567. The van der Waals surface area contributed by atoms with Crippen molar-refractivity contribution >= 4 is 15.8 Å². The van der Waals surface area contributed by atoms with Crippen LogP contribution in [-0.4, -0.2) is 37.1 Å².